The van der Waals surface area contributed by atoms with Gasteiger partial charge in [-0.1, -0.05) is 140 Å². The molecule has 16 aromatic rings. The number of nitrogens with zero attached hydrogens (tertiary/aromatic N) is 5. The van der Waals surface area contributed by atoms with Crippen LogP contribution in [0.25, 0.3) is 44.5 Å². The molecule has 6 aromatic heterocycles. The first-order valence-electron chi connectivity index (χ1n) is 37.6. The lowest BCUT2D eigenvalue weighted by Crippen LogP contribution is -2.20. The van der Waals surface area contributed by atoms with E-state index in [1.165, 1.54) is 11.3 Å². The molecular weight excluding hydrogens is 1510 g/mol. The largest absolute Gasteiger partial charge is 0.495 e. The van der Waals surface area contributed by atoms with E-state index in [4.69, 9.17) is 25.7 Å². The Morgan fingerprint density at radius 1 is 0.311 bits per heavy atom. The van der Waals surface area contributed by atoms with Gasteiger partial charge < -0.3 is 68.2 Å². The minimum Gasteiger partial charge on any atom is -0.495 e. The summed E-state index contributed by atoms with van der Waals surface area (Å²) >= 11 is 1.42. The number of thiophene rings is 1. The molecule has 0 aliphatic heterocycles. The Morgan fingerprint density at radius 2 is 0.689 bits per heavy atom. The summed E-state index contributed by atoms with van der Waals surface area (Å²) in [5.74, 6) is 3.94. The molecule has 0 radical (unpaired) electrons. The summed E-state index contributed by atoms with van der Waals surface area (Å²) in [5, 5.41) is 26.6. The van der Waals surface area contributed by atoms with Crippen molar-refractivity contribution in [2.75, 3.05) is 74.3 Å². The molecule has 12 N–H and O–H groups in total. The van der Waals surface area contributed by atoms with Crippen molar-refractivity contribution in [1.82, 2.24) is 24.9 Å². The third kappa shape index (κ3) is 24.9. The van der Waals surface area contributed by atoms with Gasteiger partial charge in [-0.25, -0.2) is 19.9 Å². The first-order chi connectivity index (χ1) is 58.3. The first kappa shape index (κ1) is 80.8. The molecule has 0 bridgehead atoms. The molecular formula is C96H81N15O7S. The number of benzene rings is 10. The second kappa shape index (κ2) is 41.5. The van der Waals surface area contributed by atoms with Crippen molar-refractivity contribution in [3.8, 4) is 61.8 Å². The number of anilines is 14. The van der Waals surface area contributed by atoms with Gasteiger partial charge in [0.2, 0.25) is 0 Å². The summed E-state index contributed by atoms with van der Waals surface area (Å²) in [6.07, 6.45) is 8.59. The minimum atomic E-state index is -0.273. The van der Waals surface area contributed by atoms with Crippen LogP contribution in [0.1, 0.15) is 20.2 Å². The average Bonchev–Trinajstić information content (AvgIpc) is 1.23. The number of carbonyl (C=O) groups excluding carboxylic acids is 4. The van der Waals surface area contributed by atoms with Gasteiger partial charge in [-0.2, -0.15) is 0 Å². The van der Waals surface area contributed by atoms with Gasteiger partial charge in [-0.15, -0.1) is 11.3 Å². The van der Waals surface area contributed by atoms with Crippen LogP contribution >= 0.6 is 11.3 Å². The van der Waals surface area contributed by atoms with Crippen LogP contribution in [-0.4, -0.2) is 68.9 Å². The number of aromatic nitrogens is 5. The standard InChI is InChI=1S/C26H23N3O3.C25H21N3O2.C23H19N5O.C22H18N4OS/c1-31-24-13-12-19(16-23(24)29-26(30)18-32-22-10-6-3-7-11-22)20-14-15-27-25(17-20)28-21-8-4-2-5-9-21;29-25(18-30-23-12-5-2-6-13-23)28-22-11-7-8-19(16-22)20-14-15-26-24(17-20)27-21-9-3-1-4-10-21;24-18-6-4-8-20(15-18)27-22-14-17(10-12-26-22)16-5-3-7-19(13-16)28-23(29)21-9-1-2-11-25-21;23-17-5-2-7-19(14-17)25-21-13-16(9-10-24-21)15-4-1-6-18(12-15)26-22(27)20-8-3-11-28-20/h2-17H,18H2,1H3,(H,27,28)(H,29,30);1-17H,18H2,(H,26,27)(H,28,29);1-15H,24H2,(H,26,27)(H,28,29);1-14H,23H2,(H,24,25)(H,26,27). The quantitative estimate of drug-likeness (QED) is 0.0238. The number of carbonyl (C=O) groups is 4. The molecule has 23 heteroatoms. The van der Waals surface area contributed by atoms with E-state index >= 15 is 0 Å². The molecule has 0 aliphatic carbocycles. The molecule has 588 valence electrons. The minimum absolute atomic E-state index is 0.0470. The summed E-state index contributed by atoms with van der Waals surface area (Å²) in [6.45, 7) is -0.146. The molecule has 16 rings (SSSR count). The van der Waals surface area contributed by atoms with Crippen molar-refractivity contribution < 1.29 is 33.4 Å². The number of nitrogens with two attached hydrogens (primary N) is 2. The molecule has 10 aromatic carbocycles. The SMILES string of the molecule is COc1ccc(-c2ccnc(Nc3ccccc3)c2)cc1NC(=O)COc1ccccc1.Nc1cccc(Nc2cc(-c3cccc(NC(=O)c4ccccn4)c3)ccn2)c1.Nc1cccc(Nc2cc(-c3cccc(NC(=O)c4cccs4)c3)ccn2)c1.O=C(COc1ccccc1)Nc1cccc(-c2ccnc(Nc3ccccc3)c2)c1. The molecule has 119 heavy (non-hydrogen) atoms. The summed E-state index contributed by atoms with van der Waals surface area (Å²) < 4.78 is 16.5. The lowest BCUT2D eigenvalue weighted by molar-refractivity contribution is -0.118. The monoisotopic (exact) mass is 1590 g/mol. The van der Waals surface area contributed by atoms with Gasteiger partial charge in [0.15, 0.2) is 13.2 Å². The van der Waals surface area contributed by atoms with Crippen LogP contribution in [0.5, 0.6) is 17.2 Å². The molecule has 0 aliphatic rings. The zero-order valence-electron chi connectivity index (χ0n) is 64.4. The predicted octanol–water partition coefficient (Wildman–Crippen LogP) is 21.1. The van der Waals surface area contributed by atoms with Gasteiger partial charge in [-0.3, -0.25) is 24.2 Å². The Labute approximate surface area is 692 Å². The fourth-order valence-electron chi connectivity index (χ4n) is 11.9. The smallest absolute Gasteiger partial charge is 0.274 e. The highest BCUT2D eigenvalue weighted by Crippen LogP contribution is 2.34. The van der Waals surface area contributed by atoms with Crippen molar-refractivity contribution >= 4 is 115 Å². The molecule has 4 amide bonds. The lowest BCUT2D eigenvalue weighted by Gasteiger charge is -2.13. The van der Waals surface area contributed by atoms with Crippen molar-refractivity contribution in [2.24, 2.45) is 0 Å². The van der Waals surface area contributed by atoms with Crippen LogP contribution in [0.15, 0.2) is 376 Å². The van der Waals surface area contributed by atoms with Crippen LogP contribution < -0.4 is 68.2 Å². The third-order valence-electron chi connectivity index (χ3n) is 17.5. The number of rotatable bonds is 25. The van der Waals surface area contributed by atoms with Crippen LogP contribution in [0, 0.1) is 0 Å². The van der Waals surface area contributed by atoms with Crippen LogP contribution in [-0.2, 0) is 9.59 Å². The number of hydrogen-bond donors (Lipinski definition) is 10. The van der Waals surface area contributed by atoms with Crippen LogP contribution in [0.4, 0.5) is 80.1 Å². The molecule has 0 unspecified atom stereocenters. The predicted molar refractivity (Wildman–Crippen MR) is 479 cm³/mol. The topological polar surface area (TPSA) is 309 Å². The Hall–Kier alpha value is -16.3. The summed E-state index contributed by atoms with van der Waals surface area (Å²) in [4.78, 5) is 71.6. The van der Waals surface area contributed by atoms with Crippen LogP contribution in [0.3, 0.4) is 0 Å². The fourth-order valence-corrected chi connectivity index (χ4v) is 12.5. The number of nitrogen functional groups attached to an aromatic ring is 2. The number of ether oxygens (including phenoxy) is 3. The Morgan fingerprint density at radius 3 is 1.11 bits per heavy atom. The van der Waals surface area contributed by atoms with Gasteiger partial charge in [-0.05, 0) is 250 Å². The number of nitrogens with one attached hydrogen (secondary N) is 8. The van der Waals surface area contributed by atoms with Gasteiger partial charge in [0.1, 0.15) is 46.2 Å². The number of hydrogen-bond acceptors (Lipinski definition) is 19. The Kier molecular flexibility index (Phi) is 28.2. The molecule has 0 fully saturated rings. The second-order valence-electron chi connectivity index (χ2n) is 26.3. The number of methoxy groups -OCH3 is 1. The van der Waals surface area contributed by atoms with E-state index in [0.29, 0.717) is 62.1 Å². The Balaban J connectivity index is 0.000000137. The molecule has 0 spiro atoms. The summed E-state index contributed by atoms with van der Waals surface area (Å²) in [5.41, 5.74) is 27.6. The zero-order valence-corrected chi connectivity index (χ0v) is 65.2. The normalized spacial score (nSPS) is 10.3. The van der Waals surface area contributed by atoms with E-state index in [1.54, 1.807) is 74.5 Å². The molecule has 0 atom stereocenters. The molecule has 0 saturated carbocycles. The maximum atomic E-state index is 12.4. The number of amides is 4. The second-order valence-corrected chi connectivity index (χ2v) is 27.2. The van der Waals surface area contributed by atoms with E-state index < -0.39 is 0 Å². The maximum absolute atomic E-state index is 12.4. The van der Waals surface area contributed by atoms with Gasteiger partial charge >= 0.3 is 0 Å². The molecule has 22 nitrogen and oxygen atoms in total. The Bertz CT molecular complexity index is 6020. The first-order valence-corrected chi connectivity index (χ1v) is 38.5. The van der Waals surface area contributed by atoms with E-state index in [0.717, 1.165) is 90.4 Å². The van der Waals surface area contributed by atoms with Gasteiger partial charge in [0.25, 0.3) is 23.6 Å². The maximum Gasteiger partial charge on any atom is 0.274 e. The highest BCUT2D eigenvalue weighted by Gasteiger charge is 2.15. The van der Waals surface area contributed by atoms with E-state index in [1.807, 2.05) is 309 Å². The van der Waals surface area contributed by atoms with E-state index in [2.05, 4.69) is 67.5 Å². The fraction of sp³-hybridized carbons (Fsp3) is 0.0312. The number of pyridine rings is 5. The highest BCUT2D eigenvalue weighted by molar-refractivity contribution is 7.12. The van der Waals surface area contributed by atoms with Gasteiger partial charge in [0, 0.05) is 82.2 Å². The molecule has 6 heterocycles. The van der Waals surface area contributed by atoms with Crippen molar-refractivity contribution in [3.63, 3.8) is 0 Å². The van der Waals surface area contributed by atoms with E-state index in [9.17, 15) is 19.2 Å². The zero-order chi connectivity index (χ0) is 82.2. The van der Waals surface area contributed by atoms with Crippen molar-refractivity contribution in [1.29, 1.82) is 0 Å². The highest BCUT2D eigenvalue weighted by atomic mass is 32.1. The van der Waals surface area contributed by atoms with E-state index in [-0.39, 0.29) is 36.8 Å². The van der Waals surface area contributed by atoms with Crippen LogP contribution in [0.2, 0.25) is 0 Å². The van der Waals surface area contributed by atoms with Crippen molar-refractivity contribution in [2.45, 2.75) is 0 Å². The summed E-state index contributed by atoms with van der Waals surface area (Å²) in [6, 6.07) is 106. The average molecular weight is 1590 g/mol. The summed E-state index contributed by atoms with van der Waals surface area (Å²) in [7, 11) is 1.57. The third-order valence-corrected chi connectivity index (χ3v) is 18.4. The lowest BCUT2D eigenvalue weighted by atomic mass is 10.1. The van der Waals surface area contributed by atoms with Crippen molar-refractivity contribution in [3.05, 3.63) is 387 Å². The van der Waals surface area contributed by atoms with Gasteiger partial charge in [0.05, 0.1) is 17.7 Å². The molecule has 0 saturated heterocycles. The number of para-hydroxylation sites is 4.